The molecule has 0 saturated carbocycles. The van der Waals surface area contributed by atoms with E-state index in [0.717, 1.165) is 11.3 Å². The van der Waals surface area contributed by atoms with Gasteiger partial charge in [-0.05, 0) is 37.5 Å². The monoisotopic (exact) mass is 507 g/mol. The minimum absolute atomic E-state index is 0.0519. The SMILES string of the molecule is Cc1ccc(OCCOCCOCCOCCCNC=O)cc1C(=O)N(C=O)C1CCC(=O)NC1=O. The van der Waals surface area contributed by atoms with Gasteiger partial charge in [0, 0.05) is 25.1 Å². The standard InChI is InChI=1S/C24H33N3O9/c1-18-3-4-19(36-14-13-35-12-11-34-10-9-33-8-2-7-25-16-28)15-20(18)24(32)27(17-29)21-5-6-22(30)26-23(21)31/h3-4,15-17,21H,2,5-14H2,1H3,(H,25,28)(H,26,30,31). The van der Waals surface area contributed by atoms with Crippen LogP contribution in [0.1, 0.15) is 35.2 Å². The van der Waals surface area contributed by atoms with Crippen LogP contribution in [-0.4, -0.2) is 94.3 Å². The normalized spacial score (nSPS) is 15.2. The van der Waals surface area contributed by atoms with E-state index in [2.05, 4.69) is 10.6 Å². The van der Waals surface area contributed by atoms with Crippen molar-refractivity contribution in [1.82, 2.24) is 15.5 Å². The summed E-state index contributed by atoms with van der Waals surface area (Å²) in [5, 5.41) is 4.71. The van der Waals surface area contributed by atoms with E-state index in [1.807, 2.05) is 0 Å². The van der Waals surface area contributed by atoms with Crippen LogP contribution in [0, 0.1) is 6.92 Å². The lowest BCUT2D eigenvalue weighted by Crippen LogP contribution is -2.53. The summed E-state index contributed by atoms with van der Waals surface area (Å²) >= 11 is 0. The minimum atomic E-state index is -1.04. The van der Waals surface area contributed by atoms with Crippen LogP contribution in [0.5, 0.6) is 5.75 Å². The average molecular weight is 508 g/mol. The van der Waals surface area contributed by atoms with E-state index in [1.165, 1.54) is 6.07 Å². The Morgan fingerprint density at radius 3 is 2.36 bits per heavy atom. The van der Waals surface area contributed by atoms with Crippen molar-refractivity contribution in [3.63, 3.8) is 0 Å². The van der Waals surface area contributed by atoms with Gasteiger partial charge >= 0.3 is 0 Å². The highest BCUT2D eigenvalue weighted by molar-refractivity contribution is 6.07. The number of hydrogen-bond donors (Lipinski definition) is 2. The second-order valence-electron chi connectivity index (χ2n) is 7.87. The molecule has 1 aliphatic rings. The Hall–Kier alpha value is -3.35. The van der Waals surface area contributed by atoms with Crippen molar-refractivity contribution in [3.8, 4) is 5.75 Å². The third kappa shape index (κ3) is 9.72. The molecule has 5 amide bonds. The number of benzene rings is 1. The largest absolute Gasteiger partial charge is 0.491 e. The molecular weight excluding hydrogens is 474 g/mol. The first-order valence-corrected chi connectivity index (χ1v) is 11.7. The highest BCUT2D eigenvalue weighted by Gasteiger charge is 2.35. The van der Waals surface area contributed by atoms with Gasteiger partial charge in [-0.15, -0.1) is 0 Å². The van der Waals surface area contributed by atoms with Crippen LogP contribution in [0.25, 0.3) is 0 Å². The van der Waals surface area contributed by atoms with Crippen LogP contribution in [-0.2, 0) is 33.4 Å². The van der Waals surface area contributed by atoms with Crippen LogP contribution < -0.4 is 15.4 Å². The van der Waals surface area contributed by atoms with Crippen molar-refractivity contribution in [2.75, 3.05) is 52.8 Å². The molecule has 2 N–H and O–H groups in total. The summed E-state index contributed by atoms with van der Waals surface area (Å²) in [7, 11) is 0. The fourth-order valence-electron chi connectivity index (χ4n) is 3.37. The molecule has 1 atom stereocenters. The summed E-state index contributed by atoms with van der Waals surface area (Å²) in [6.07, 6.45) is 1.84. The molecule has 1 aromatic rings. The summed E-state index contributed by atoms with van der Waals surface area (Å²) in [6.45, 7) is 5.07. The predicted octanol–water partition coefficient (Wildman–Crippen LogP) is -0.0365. The van der Waals surface area contributed by atoms with Crippen LogP contribution in [0.3, 0.4) is 0 Å². The maximum absolute atomic E-state index is 13.0. The molecule has 0 bridgehead atoms. The fraction of sp³-hybridized carbons (Fsp3) is 0.542. The Bertz CT molecular complexity index is 894. The van der Waals surface area contributed by atoms with Crippen LogP contribution in [0.15, 0.2) is 18.2 Å². The van der Waals surface area contributed by atoms with Crippen molar-refractivity contribution in [2.45, 2.75) is 32.2 Å². The number of aryl methyl sites for hydroxylation is 1. The van der Waals surface area contributed by atoms with Gasteiger partial charge in [-0.25, -0.2) is 0 Å². The molecule has 1 aromatic carbocycles. The lowest BCUT2D eigenvalue weighted by atomic mass is 10.0. The number of nitrogens with one attached hydrogen (secondary N) is 2. The zero-order valence-corrected chi connectivity index (χ0v) is 20.4. The number of amides is 5. The molecule has 1 aliphatic heterocycles. The fourth-order valence-corrected chi connectivity index (χ4v) is 3.37. The quantitative estimate of drug-likeness (QED) is 0.159. The number of piperidine rings is 1. The van der Waals surface area contributed by atoms with Gasteiger partial charge in [-0.3, -0.25) is 34.2 Å². The van der Waals surface area contributed by atoms with Crippen molar-refractivity contribution in [2.24, 2.45) is 0 Å². The van der Waals surface area contributed by atoms with Crippen molar-refractivity contribution in [3.05, 3.63) is 29.3 Å². The third-order valence-corrected chi connectivity index (χ3v) is 5.27. The number of hydrogen-bond acceptors (Lipinski definition) is 9. The van der Waals surface area contributed by atoms with E-state index < -0.39 is 23.8 Å². The molecule has 1 saturated heterocycles. The second kappa shape index (κ2) is 16.3. The maximum Gasteiger partial charge on any atom is 0.261 e. The molecular formula is C24H33N3O9. The number of ether oxygens (including phenoxy) is 4. The average Bonchev–Trinajstić information content (AvgIpc) is 2.86. The maximum atomic E-state index is 13.0. The van der Waals surface area contributed by atoms with Crippen molar-refractivity contribution < 1.29 is 42.9 Å². The van der Waals surface area contributed by atoms with Gasteiger partial charge < -0.3 is 24.3 Å². The summed E-state index contributed by atoms with van der Waals surface area (Å²) in [6, 6.07) is 3.86. The summed E-state index contributed by atoms with van der Waals surface area (Å²) in [4.78, 5) is 59.0. The van der Waals surface area contributed by atoms with E-state index >= 15 is 0 Å². The highest BCUT2D eigenvalue weighted by atomic mass is 16.6. The summed E-state index contributed by atoms with van der Waals surface area (Å²) in [5.41, 5.74) is 0.836. The number of nitrogens with zero attached hydrogens (tertiary/aromatic N) is 1. The lowest BCUT2D eigenvalue weighted by molar-refractivity contribution is -0.139. The van der Waals surface area contributed by atoms with Crippen molar-refractivity contribution in [1.29, 1.82) is 0 Å². The smallest absolute Gasteiger partial charge is 0.261 e. The van der Waals surface area contributed by atoms with Gasteiger partial charge in [0.2, 0.25) is 24.6 Å². The van der Waals surface area contributed by atoms with Crippen LogP contribution in [0.2, 0.25) is 0 Å². The predicted molar refractivity (Wildman–Crippen MR) is 126 cm³/mol. The summed E-state index contributed by atoms with van der Waals surface area (Å²) < 4.78 is 21.9. The molecule has 0 aliphatic carbocycles. The zero-order valence-electron chi connectivity index (χ0n) is 20.4. The number of rotatable bonds is 18. The zero-order chi connectivity index (χ0) is 26.2. The topological polar surface area (TPSA) is 150 Å². The number of carbonyl (C=O) groups excluding carboxylic acids is 5. The molecule has 2 rings (SSSR count). The van der Waals surface area contributed by atoms with Crippen LogP contribution in [0.4, 0.5) is 0 Å². The Morgan fingerprint density at radius 2 is 1.72 bits per heavy atom. The number of carbonyl (C=O) groups is 5. The van der Waals surface area contributed by atoms with Crippen molar-refractivity contribution >= 4 is 30.5 Å². The lowest BCUT2D eigenvalue weighted by Gasteiger charge is -2.28. The van der Waals surface area contributed by atoms with Crippen LogP contribution >= 0.6 is 0 Å². The summed E-state index contributed by atoms with van der Waals surface area (Å²) in [5.74, 6) is -1.33. The molecule has 36 heavy (non-hydrogen) atoms. The van der Waals surface area contributed by atoms with E-state index in [0.29, 0.717) is 70.3 Å². The van der Waals surface area contributed by atoms with Gasteiger partial charge in [0.1, 0.15) is 18.4 Å². The molecule has 1 heterocycles. The second-order valence-corrected chi connectivity index (χ2v) is 7.87. The molecule has 0 aromatic heterocycles. The first kappa shape index (κ1) is 28.9. The highest BCUT2D eigenvalue weighted by Crippen LogP contribution is 2.21. The Labute approximate surface area is 209 Å². The van der Waals surface area contributed by atoms with E-state index in [1.54, 1.807) is 19.1 Å². The first-order valence-electron chi connectivity index (χ1n) is 11.7. The van der Waals surface area contributed by atoms with Gasteiger partial charge in [0.25, 0.3) is 5.91 Å². The first-order chi connectivity index (χ1) is 17.5. The Kier molecular flexibility index (Phi) is 13.1. The molecule has 0 radical (unpaired) electrons. The van der Waals surface area contributed by atoms with Gasteiger partial charge in [-0.1, -0.05) is 6.07 Å². The van der Waals surface area contributed by atoms with Gasteiger partial charge in [0.05, 0.1) is 33.0 Å². The Morgan fingerprint density at radius 1 is 1.06 bits per heavy atom. The van der Waals surface area contributed by atoms with Gasteiger partial charge in [-0.2, -0.15) is 0 Å². The van der Waals surface area contributed by atoms with E-state index in [-0.39, 0.29) is 25.0 Å². The molecule has 12 nitrogen and oxygen atoms in total. The molecule has 198 valence electrons. The minimum Gasteiger partial charge on any atom is -0.491 e. The molecule has 0 spiro atoms. The molecule has 1 fully saturated rings. The molecule has 12 heteroatoms. The number of imide groups is 2. The molecule has 1 unspecified atom stereocenters. The third-order valence-electron chi connectivity index (χ3n) is 5.27. The van der Waals surface area contributed by atoms with E-state index in [9.17, 15) is 24.0 Å². The van der Waals surface area contributed by atoms with Gasteiger partial charge in [0.15, 0.2) is 0 Å². The van der Waals surface area contributed by atoms with E-state index in [4.69, 9.17) is 18.9 Å². The Balaban J connectivity index is 1.68.